The summed E-state index contributed by atoms with van der Waals surface area (Å²) in [5, 5.41) is 12.6. The SMILES string of the molecule is C=CCn1c(S[C@@H](C)C(=O)NCc2ccccc2)nnc1-c1ccc(Cl)cc1. The van der Waals surface area contributed by atoms with E-state index in [1.165, 1.54) is 11.8 Å². The molecule has 0 aliphatic rings. The minimum atomic E-state index is -0.311. The molecule has 1 aromatic heterocycles. The number of carbonyl (C=O) groups excluding carboxylic acids is 1. The third kappa shape index (κ3) is 5.03. The molecule has 1 heterocycles. The maximum Gasteiger partial charge on any atom is 0.233 e. The van der Waals surface area contributed by atoms with Crippen molar-refractivity contribution in [3.8, 4) is 11.4 Å². The third-order valence-corrected chi connectivity index (χ3v) is 5.42. The number of nitrogens with one attached hydrogen (secondary N) is 1. The Kier molecular flexibility index (Phi) is 6.90. The first-order chi connectivity index (χ1) is 13.6. The van der Waals surface area contributed by atoms with Crippen LogP contribution in [0.1, 0.15) is 12.5 Å². The molecule has 0 aliphatic carbocycles. The second-order valence-electron chi connectivity index (χ2n) is 6.18. The Morgan fingerprint density at radius 1 is 1.21 bits per heavy atom. The number of benzene rings is 2. The molecule has 1 atom stereocenters. The van der Waals surface area contributed by atoms with Gasteiger partial charge in [0.25, 0.3) is 0 Å². The zero-order valence-corrected chi connectivity index (χ0v) is 17.1. The van der Waals surface area contributed by atoms with Crippen molar-refractivity contribution >= 4 is 29.3 Å². The summed E-state index contributed by atoms with van der Waals surface area (Å²) < 4.78 is 1.95. The van der Waals surface area contributed by atoms with Gasteiger partial charge in [-0.3, -0.25) is 9.36 Å². The largest absolute Gasteiger partial charge is 0.351 e. The standard InChI is InChI=1S/C21H21ClN4OS/c1-3-13-26-19(17-9-11-18(22)12-10-17)24-25-21(26)28-15(2)20(27)23-14-16-7-5-4-6-8-16/h3-12,15H,1,13-14H2,2H3,(H,23,27)/t15-/m0/s1. The Hall–Kier alpha value is -2.57. The summed E-state index contributed by atoms with van der Waals surface area (Å²) >= 11 is 7.35. The van der Waals surface area contributed by atoms with Gasteiger partial charge in [-0.2, -0.15) is 0 Å². The Morgan fingerprint density at radius 3 is 2.61 bits per heavy atom. The van der Waals surface area contributed by atoms with Crippen molar-refractivity contribution in [3.05, 3.63) is 77.8 Å². The second-order valence-corrected chi connectivity index (χ2v) is 7.92. The first kappa shape index (κ1) is 20.2. The van der Waals surface area contributed by atoms with E-state index in [2.05, 4.69) is 22.1 Å². The number of carbonyl (C=O) groups is 1. The van der Waals surface area contributed by atoms with Crippen molar-refractivity contribution in [1.29, 1.82) is 0 Å². The van der Waals surface area contributed by atoms with Gasteiger partial charge in [0.1, 0.15) is 0 Å². The minimum absolute atomic E-state index is 0.0463. The molecule has 2 aromatic carbocycles. The van der Waals surface area contributed by atoms with Crippen molar-refractivity contribution in [1.82, 2.24) is 20.1 Å². The van der Waals surface area contributed by atoms with E-state index in [-0.39, 0.29) is 11.2 Å². The lowest BCUT2D eigenvalue weighted by atomic mass is 10.2. The van der Waals surface area contributed by atoms with Crippen molar-refractivity contribution < 1.29 is 4.79 Å². The Labute approximate surface area is 173 Å². The van der Waals surface area contributed by atoms with E-state index < -0.39 is 0 Å². The molecule has 0 radical (unpaired) electrons. The molecule has 1 N–H and O–H groups in total. The van der Waals surface area contributed by atoms with Crippen LogP contribution in [-0.2, 0) is 17.9 Å². The van der Waals surface area contributed by atoms with E-state index >= 15 is 0 Å². The molecular weight excluding hydrogens is 392 g/mol. The minimum Gasteiger partial charge on any atom is -0.351 e. The normalized spacial score (nSPS) is 11.8. The first-order valence-electron chi connectivity index (χ1n) is 8.87. The lowest BCUT2D eigenvalue weighted by molar-refractivity contribution is -0.120. The topological polar surface area (TPSA) is 59.8 Å². The highest BCUT2D eigenvalue weighted by Crippen LogP contribution is 2.27. The maximum atomic E-state index is 12.5. The molecule has 0 saturated heterocycles. The van der Waals surface area contributed by atoms with Gasteiger partial charge in [-0.05, 0) is 36.8 Å². The van der Waals surface area contributed by atoms with Crippen LogP contribution in [0.3, 0.4) is 0 Å². The van der Waals surface area contributed by atoms with Crippen LogP contribution >= 0.6 is 23.4 Å². The number of halogens is 1. The van der Waals surface area contributed by atoms with Crippen molar-refractivity contribution in [3.63, 3.8) is 0 Å². The number of amides is 1. The summed E-state index contributed by atoms with van der Waals surface area (Å²) in [5.74, 6) is 0.672. The third-order valence-electron chi connectivity index (χ3n) is 4.09. The lowest BCUT2D eigenvalue weighted by Crippen LogP contribution is -2.30. The van der Waals surface area contributed by atoms with Crippen LogP contribution in [0.15, 0.2) is 72.4 Å². The number of rotatable bonds is 8. The zero-order valence-electron chi connectivity index (χ0n) is 15.5. The van der Waals surface area contributed by atoms with Crippen LogP contribution in [0.25, 0.3) is 11.4 Å². The van der Waals surface area contributed by atoms with E-state index in [9.17, 15) is 4.79 Å². The van der Waals surface area contributed by atoms with Crippen molar-refractivity contribution in [2.24, 2.45) is 0 Å². The van der Waals surface area contributed by atoms with Crippen molar-refractivity contribution in [2.45, 2.75) is 30.4 Å². The summed E-state index contributed by atoms with van der Waals surface area (Å²) in [6.07, 6.45) is 1.78. The second kappa shape index (κ2) is 9.57. The fraction of sp³-hybridized carbons (Fsp3) is 0.190. The monoisotopic (exact) mass is 412 g/mol. The van der Waals surface area contributed by atoms with E-state index in [1.54, 1.807) is 6.08 Å². The average Bonchev–Trinajstić information content (AvgIpc) is 3.10. The van der Waals surface area contributed by atoms with Gasteiger partial charge < -0.3 is 5.32 Å². The molecule has 0 fully saturated rings. The van der Waals surface area contributed by atoms with Crippen LogP contribution in [0.4, 0.5) is 0 Å². The number of allylic oxidation sites excluding steroid dienone is 1. The van der Waals surface area contributed by atoms with Crippen LogP contribution in [0, 0.1) is 0 Å². The predicted molar refractivity (Wildman–Crippen MR) is 114 cm³/mol. The summed E-state index contributed by atoms with van der Waals surface area (Å²) in [7, 11) is 0. The highest BCUT2D eigenvalue weighted by molar-refractivity contribution is 8.00. The molecule has 7 heteroatoms. The van der Waals surface area contributed by atoms with Crippen LogP contribution in [-0.4, -0.2) is 25.9 Å². The molecule has 0 spiro atoms. The zero-order chi connectivity index (χ0) is 19.9. The molecule has 3 aromatic rings. The molecule has 0 saturated carbocycles. The van der Waals surface area contributed by atoms with Gasteiger partial charge in [0.2, 0.25) is 5.91 Å². The van der Waals surface area contributed by atoms with Crippen LogP contribution in [0.5, 0.6) is 0 Å². The Bertz CT molecular complexity index is 941. The average molecular weight is 413 g/mol. The Balaban J connectivity index is 1.71. The quantitative estimate of drug-likeness (QED) is 0.434. The Morgan fingerprint density at radius 2 is 1.93 bits per heavy atom. The van der Waals surface area contributed by atoms with Crippen molar-refractivity contribution in [2.75, 3.05) is 0 Å². The predicted octanol–water partition coefficient (Wildman–Crippen LogP) is 4.58. The molecular formula is C21H21ClN4OS. The number of nitrogens with zero attached hydrogens (tertiary/aromatic N) is 3. The highest BCUT2D eigenvalue weighted by atomic mass is 35.5. The summed E-state index contributed by atoms with van der Waals surface area (Å²) in [4.78, 5) is 12.5. The summed E-state index contributed by atoms with van der Waals surface area (Å²) in [6.45, 7) is 6.73. The van der Waals surface area contributed by atoms with Gasteiger partial charge >= 0.3 is 0 Å². The fourth-order valence-corrected chi connectivity index (χ4v) is 3.63. The molecule has 0 aliphatic heterocycles. The number of hydrogen-bond acceptors (Lipinski definition) is 4. The van der Waals surface area contributed by atoms with Gasteiger partial charge in [0, 0.05) is 23.7 Å². The van der Waals surface area contributed by atoms with Gasteiger partial charge in [-0.25, -0.2) is 0 Å². The number of thioether (sulfide) groups is 1. The molecule has 0 unspecified atom stereocenters. The lowest BCUT2D eigenvalue weighted by Gasteiger charge is -2.13. The first-order valence-corrected chi connectivity index (χ1v) is 10.1. The summed E-state index contributed by atoms with van der Waals surface area (Å²) in [5.41, 5.74) is 1.97. The number of hydrogen-bond donors (Lipinski definition) is 1. The van der Waals surface area contributed by atoms with Gasteiger partial charge in [-0.1, -0.05) is 59.8 Å². The molecule has 0 bridgehead atoms. The fourth-order valence-electron chi connectivity index (χ4n) is 2.62. The molecule has 5 nitrogen and oxygen atoms in total. The molecule has 3 rings (SSSR count). The van der Waals surface area contributed by atoms with Gasteiger partial charge in [-0.15, -0.1) is 16.8 Å². The van der Waals surface area contributed by atoms with E-state index in [4.69, 9.17) is 11.6 Å². The maximum absolute atomic E-state index is 12.5. The van der Waals surface area contributed by atoms with Crippen LogP contribution < -0.4 is 5.32 Å². The van der Waals surface area contributed by atoms with Crippen LogP contribution in [0.2, 0.25) is 5.02 Å². The molecule has 144 valence electrons. The smallest absolute Gasteiger partial charge is 0.233 e. The highest BCUT2D eigenvalue weighted by Gasteiger charge is 2.20. The van der Waals surface area contributed by atoms with E-state index in [0.29, 0.717) is 23.3 Å². The molecule has 28 heavy (non-hydrogen) atoms. The summed E-state index contributed by atoms with van der Waals surface area (Å²) in [6, 6.07) is 17.3. The van der Waals surface area contributed by atoms with Gasteiger partial charge in [0.15, 0.2) is 11.0 Å². The number of aromatic nitrogens is 3. The van der Waals surface area contributed by atoms with E-state index in [1.807, 2.05) is 66.1 Å². The molecule has 1 amide bonds. The van der Waals surface area contributed by atoms with E-state index in [0.717, 1.165) is 17.0 Å². The van der Waals surface area contributed by atoms with Gasteiger partial charge in [0.05, 0.1) is 5.25 Å².